The number of sulfone groups is 1. The first-order valence-corrected chi connectivity index (χ1v) is 11.2. The smallest absolute Gasteiger partial charge is 0.325 e. The SMILES string of the molecule is Cc1c(Nc2ccc(C(F)(F)F)cn2)nc(S(C)(=O)=O)nc1-c1ccc2cccnc2c1. The zero-order valence-corrected chi connectivity index (χ0v) is 17.7. The molecule has 0 unspecified atom stereocenters. The van der Waals surface area contributed by atoms with Gasteiger partial charge in [-0.05, 0) is 31.2 Å². The summed E-state index contributed by atoms with van der Waals surface area (Å²) in [4.78, 5) is 16.4. The molecular weight excluding hydrogens is 443 g/mol. The Balaban J connectivity index is 1.82. The van der Waals surface area contributed by atoms with E-state index in [2.05, 4.69) is 25.3 Å². The van der Waals surface area contributed by atoms with Gasteiger partial charge in [0.15, 0.2) is 0 Å². The van der Waals surface area contributed by atoms with Crippen LogP contribution >= 0.6 is 0 Å². The third-order valence-corrected chi connectivity index (χ3v) is 5.52. The van der Waals surface area contributed by atoms with Crippen molar-refractivity contribution in [1.29, 1.82) is 0 Å². The zero-order chi connectivity index (χ0) is 23.1. The van der Waals surface area contributed by atoms with Gasteiger partial charge in [0, 0.05) is 35.2 Å². The lowest BCUT2D eigenvalue weighted by atomic mass is 10.0. The Hall–Kier alpha value is -3.60. The fraction of sp³-hybridized carbons (Fsp3) is 0.143. The van der Waals surface area contributed by atoms with Gasteiger partial charge < -0.3 is 5.32 Å². The van der Waals surface area contributed by atoms with Crippen molar-refractivity contribution in [2.75, 3.05) is 11.6 Å². The van der Waals surface area contributed by atoms with Gasteiger partial charge in [0.2, 0.25) is 15.0 Å². The van der Waals surface area contributed by atoms with Gasteiger partial charge in [-0.3, -0.25) is 4.98 Å². The fourth-order valence-corrected chi connectivity index (χ4v) is 3.55. The van der Waals surface area contributed by atoms with Crippen molar-refractivity contribution in [3.8, 4) is 11.3 Å². The van der Waals surface area contributed by atoms with Crippen molar-refractivity contribution >= 4 is 32.4 Å². The van der Waals surface area contributed by atoms with Crippen LogP contribution in [0.5, 0.6) is 0 Å². The average molecular weight is 459 g/mol. The van der Waals surface area contributed by atoms with Crippen LogP contribution < -0.4 is 5.32 Å². The van der Waals surface area contributed by atoms with E-state index in [0.717, 1.165) is 23.8 Å². The molecule has 0 aliphatic heterocycles. The van der Waals surface area contributed by atoms with Crippen molar-refractivity contribution in [2.45, 2.75) is 18.3 Å². The van der Waals surface area contributed by atoms with Gasteiger partial charge in [0.25, 0.3) is 0 Å². The second kappa shape index (κ2) is 7.83. The van der Waals surface area contributed by atoms with Gasteiger partial charge in [0.05, 0.1) is 16.8 Å². The van der Waals surface area contributed by atoms with Crippen LogP contribution in [0, 0.1) is 6.92 Å². The summed E-state index contributed by atoms with van der Waals surface area (Å²) in [6.07, 6.45) is -1.21. The van der Waals surface area contributed by atoms with Crippen molar-refractivity contribution in [2.24, 2.45) is 0 Å². The normalized spacial score (nSPS) is 12.2. The number of fused-ring (bicyclic) bond motifs is 1. The van der Waals surface area contributed by atoms with Crippen LogP contribution in [0.3, 0.4) is 0 Å². The van der Waals surface area contributed by atoms with Crippen molar-refractivity contribution < 1.29 is 21.6 Å². The van der Waals surface area contributed by atoms with Crippen LogP contribution in [-0.4, -0.2) is 34.6 Å². The first-order valence-electron chi connectivity index (χ1n) is 9.26. The highest BCUT2D eigenvalue weighted by Gasteiger charge is 2.30. The Morgan fingerprint density at radius 3 is 2.44 bits per heavy atom. The highest BCUT2D eigenvalue weighted by Crippen LogP contribution is 2.32. The summed E-state index contributed by atoms with van der Waals surface area (Å²) < 4.78 is 62.8. The lowest BCUT2D eigenvalue weighted by Crippen LogP contribution is -2.10. The van der Waals surface area contributed by atoms with E-state index in [-0.39, 0.29) is 11.6 Å². The predicted octanol–water partition coefficient (Wildman–Crippen LogP) is 4.56. The molecule has 32 heavy (non-hydrogen) atoms. The molecule has 0 saturated carbocycles. The highest BCUT2D eigenvalue weighted by molar-refractivity contribution is 7.90. The minimum Gasteiger partial charge on any atom is -0.325 e. The van der Waals surface area contributed by atoms with Crippen molar-refractivity contribution in [3.05, 3.63) is 66.0 Å². The van der Waals surface area contributed by atoms with E-state index in [1.807, 2.05) is 12.1 Å². The fourth-order valence-electron chi connectivity index (χ4n) is 3.04. The third kappa shape index (κ3) is 4.37. The molecule has 0 aliphatic carbocycles. The number of hydrogen-bond acceptors (Lipinski definition) is 7. The number of benzene rings is 1. The Kier molecular flexibility index (Phi) is 5.29. The van der Waals surface area contributed by atoms with E-state index in [9.17, 15) is 21.6 Å². The number of nitrogens with one attached hydrogen (secondary N) is 1. The van der Waals surface area contributed by atoms with E-state index >= 15 is 0 Å². The molecule has 1 aromatic carbocycles. The monoisotopic (exact) mass is 459 g/mol. The van der Waals surface area contributed by atoms with Gasteiger partial charge in [-0.15, -0.1) is 0 Å². The summed E-state index contributed by atoms with van der Waals surface area (Å²) in [7, 11) is -3.78. The molecule has 7 nitrogen and oxygen atoms in total. The minimum absolute atomic E-state index is 0.0744. The second-order valence-electron chi connectivity index (χ2n) is 7.07. The Morgan fingerprint density at radius 1 is 1.00 bits per heavy atom. The van der Waals surface area contributed by atoms with Gasteiger partial charge >= 0.3 is 6.18 Å². The molecule has 0 saturated heterocycles. The Bertz CT molecular complexity index is 1420. The van der Waals surface area contributed by atoms with Gasteiger partial charge in [0.1, 0.15) is 11.6 Å². The first-order chi connectivity index (χ1) is 15.0. The molecule has 1 N–H and O–H groups in total. The average Bonchev–Trinajstić information content (AvgIpc) is 2.74. The minimum atomic E-state index is -4.52. The molecule has 0 radical (unpaired) electrons. The molecule has 0 atom stereocenters. The second-order valence-corrected chi connectivity index (χ2v) is 8.98. The standard InChI is InChI=1S/C21H16F3N5O2S/c1-12-18(14-6-5-13-4-3-9-25-16(13)10-14)28-20(32(2,30)31)29-19(12)27-17-8-7-15(11-26-17)21(22,23)24/h3-11H,1-2H3,(H,26,27,28,29). The molecule has 4 rings (SSSR count). The molecule has 0 spiro atoms. The molecule has 11 heteroatoms. The van der Waals surface area contributed by atoms with Gasteiger partial charge in [-0.2, -0.15) is 13.2 Å². The van der Waals surface area contributed by atoms with E-state index in [1.165, 1.54) is 0 Å². The van der Waals surface area contributed by atoms with E-state index in [4.69, 9.17) is 0 Å². The van der Waals surface area contributed by atoms with Gasteiger partial charge in [-0.1, -0.05) is 18.2 Å². The summed E-state index contributed by atoms with van der Waals surface area (Å²) in [5.74, 6) is 0.189. The molecule has 0 bridgehead atoms. The lowest BCUT2D eigenvalue weighted by Gasteiger charge is -2.14. The molecule has 4 aromatic rings. The number of nitrogens with zero attached hydrogens (tertiary/aromatic N) is 4. The Morgan fingerprint density at radius 2 is 1.78 bits per heavy atom. The van der Waals surface area contributed by atoms with Crippen LogP contribution in [0.25, 0.3) is 22.2 Å². The molecule has 0 amide bonds. The number of hydrogen-bond donors (Lipinski definition) is 1. The van der Waals surface area contributed by atoms with E-state index < -0.39 is 26.7 Å². The molecule has 164 valence electrons. The van der Waals surface area contributed by atoms with Crippen LogP contribution in [0.2, 0.25) is 0 Å². The molecule has 3 aromatic heterocycles. The summed E-state index contributed by atoms with van der Waals surface area (Å²) in [6, 6.07) is 11.1. The topological polar surface area (TPSA) is 97.7 Å². The van der Waals surface area contributed by atoms with Crippen molar-refractivity contribution in [1.82, 2.24) is 19.9 Å². The number of alkyl halides is 3. The maximum Gasteiger partial charge on any atom is 0.417 e. The summed E-state index contributed by atoms with van der Waals surface area (Å²) >= 11 is 0. The number of rotatable bonds is 4. The lowest BCUT2D eigenvalue weighted by molar-refractivity contribution is -0.137. The third-order valence-electron chi connectivity index (χ3n) is 4.67. The summed E-state index contributed by atoms with van der Waals surface area (Å²) in [5.41, 5.74) is 1.26. The van der Waals surface area contributed by atoms with Crippen molar-refractivity contribution in [3.63, 3.8) is 0 Å². The highest BCUT2D eigenvalue weighted by atomic mass is 32.2. The first kappa shape index (κ1) is 21.6. The molecule has 3 heterocycles. The zero-order valence-electron chi connectivity index (χ0n) is 16.8. The Labute approximate surface area is 181 Å². The van der Waals surface area contributed by atoms with Crippen LogP contribution in [0.15, 0.2) is 60.0 Å². The molecular formula is C21H16F3N5O2S. The quantitative estimate of drug-likeness (QED) is 0.447. The van der Waals surface area contributed by atoms with Crippen LogP contribution in [0.4, 0.5) is 24.8 Å². The maximum atomic E-state index is 12.8. The maximum absolute atomic E-state index is 12.8. The number of aromatic nitrogens is 4. The number of pyridine rings is 2. The molecule has 0 fully saturated rings. The predicted molar refractivity (Wildman–Crippen MR) is 113 cm³/mol. The van der Waals surface area contributed by atoms with E-state index in [1.54, 1.807) is 31.3 Å². The van der Waals surface area contributed by atoms with E-state index in [0.29, 0.717) is 28.5 Å². The molecule has 0 aliphatic rings. The summed E-state index contributed by atoms with van der Waals surface area (Å²) in [5, 5.41) is 3.28. The number of halogens is 3. The van der Waals surface area contributed by atoms with Crippen LogP contribution in [-0.2, 0) is 16.0 Å². The van der Waals surface area contributed by atoms with Gasteiger partial charge in [-0.25, -0.2) is 23.4 Å². The summed E-state index contributed by atoms with van der Waals surface area (Å²) in [6.45, 7) is 1.68. The number of anilines is 2. The largest absolute Gasteiger partial charge is 0.417 e. The van der Waals surface area contributed by atoms with Crippen LogP contribution in [0.1, 0.15) is 11.1 Å².